The van der Waals surface area contributed by atoms with E-state index in [0.29, 0.717) is 29.7 Å². The zero-order valence-corrected chi connectivity index (χ0v) is 18.7. The summed E-state index contributed by atoms with van der Waals surface area (Å²) in [6.45, 7) is 5.61. The van der Waals surface area contributed by atoms with Gasteiger partial charge in [-0.3, -0.25) is 29.3 Å². The van der Waals surface area contributed by atoms with Crippen molar-refractivity contribution >= 4 is 35.3 Å². The first-order valence-electron chi connectivity index (χ1n) is 10.8. The van der Waals surface area contributed by atoms with Gasteiger partial charge in [0.1, 0.15) is 11.6 Å². The molecule has 0 aromatic heterocycles. The SMILES string of the molecule is CC(C)(C)OC(=O)CCCCC(=O)Nc1cccc2c1CN(C1CCC(=O)NC1=O)C2=O. The number of hydrogen-bond donors (Lipinski definition) is 2. The van der Waals surface area contributed by atoms with Crippen LogP contribution in [-0.4, -0.2) is 46.1 Å². The number of nitrogens with zero attached hydrogens (tertiary/aromatic N) is 1. The lowest BCUT2D eigenvalue weighted by molar-refractivity contribution is -0.155. The molecule has 0 spiro atoms. The molecular formula is C23H29N3O6. The molecule has 2 aliphatic rings. The average molecular weight is 444 g/mol. The number of anilines is 1. The Morgan fingerprint density at radius 1 is 1.16 bits per heavy atom. The van der Waals surface area contributed by atoms with Crippen LogP contribution in [0.25, 0.3) is 0 Å². The molecule has 2 heterocycles. The normalized spacial score (nSPS) is 18.3. The Bertz CT molecular complexity index is 950. The van der Waals surface area contributed by atoms with Crippen molar-refractivity contribution in [2.24, 2.45) is 0 Å². The highest BCUT2D eigenvalue weighted by molar-refractivity contribution is 6.06. The van der Waals surface area contributed by atoms with Crippen LogP contribution in [0.3, 0.4) is 0 Å². The van der Waals surface area contributed by atoms with Gasteiger partial charge in [-0.05, 0) is 52.2 Å². The fraction of sp³-hybridized carbons (Fsp3) is 0.522. The van der Waals surface area contributed by atoms with Crippen molar-refractivity contribution in [3.63, 3.8) is 0 Å². The number of carbonyl (C=O) groups is 5. The van der Waals surface area contributed by atoms with E-state index in [0.717, 1.165) is 0 Å². The second-order valence-electron chi connectivity index (χ2n) is 9.07. The summed E-state index contributed by atoms with van der Waals surface area (Å²) in [5.74, 6) is -1.60. The van der Waals surface area contributed by atoms with E-state index in [-0.39, 0.29) is 55.9 Å². The number of hydrogen-bond acceptors (Lipinski definition) is 6. The van der Waals surface area contributed by atoms with Crippen LogP contribution in [0, 0.1) is 0 Å². The lowest BCUT2D eigenvalue weighted by Gasteiger charge is -2.29. The predicted molar refractivity (Wildman–Crippen MR) is 115 cm³/mol. The van der Waals surface area contributed by atoms with Crippen molar-refractivity contribution in [3.05, 3.63) is 29.3 Å². The monoisotopic (exact) mass is 443 g/mol. The molecule has 9 nitrogen and oxygen atoms in total. The van der Waals surface area contributed by atoms with Crippen molar-refractivity contribution in [1.29, 1.82) is 0 Å². The lowest BCUT2D eigenvalue weighted by atomic mass is 10.0. The molecule has 0 saturated carbocycles. The van der Waals surface area contributed by atoms with Gasteiger partial charge in [-0.15, -0.1) is 0 Å². The maximum atomic E-state index is 12.8. The van der Waals surface area contributed by atoms with Crippen molar-refractivity contribution in [1.82, 2.24) is 10.2 Å². The highest BCUT2D eigenvalue weighted by atomic mass is 16.6. The van der Waals surface area contributed by atoms with Gasteiger partial charge in [0.25, 0.3) is 5.91 Å². The maximum Gasteiger partial charge on any atom is 0.306 e. The Labute approximate surface area is 186 Å². The third-order valence-corrected chi connectivity index (χ3v) is 5.31. The number of fused-ring (bicyclic) bond motifs is 1. The number of carbonyl (C=O) groups excluding carboxylic acids is 5. The molecule has 32 heavy (non-hydrogen) atoms. The van der Waals surface area contributed by atoms with Crippen LogP contribution in [0.15, 0.2) is 18.2 Å². The number of amides is 4. The standard InChI is InChI=1S/C23H29N3O6/c1-23(2,3)32-20(29)10-5-4-9-18(27)24-16-8-6-7-14-15(16)13-26(22(14)31)17-11-12-19(28)25-21(17)30/h6-8,17H,4-5,9-13H2,1-3H3,(H,24,27)(H,25,28,30). The Balaban J connectivity index is 1.55. The van der Waals surface area contributed by atoms with Crippen LogP contribution in [0.5, 0.6) is 0 Å². The quantitative estimate of drug-likeness (QED) is 0.379. The maximum absolute atomic E-state index is 12.8. The molecular weight excluding hydrogens is 414 g/mol. The van der Waals surface area contributed by atoms with E-state index in [4.69, 9.17) is 4.74 Å². The smallest absolute Gasteiger partial charge is 0.306 e. The van der Waals surface area contributed by atoms with Crippen molar-refractivity contribution in [3.8, 4) is 0 Å². The summed E-state index contributed by atoms with van der Waals surface area (Å²) in [7, 11) is 0. The van der Waals surface area contributed by atoms with Crippen LogP contribution >= 0.6 is 0 Å². The second-order valence-corrected chi connectivity index (χ2v) is 9.07. The molecule has 3 rings (SSSR count). The third-order valence-electron chi connectivity index (χ3n) is 5.31. The van der Waals surface area contributed by atoms with Gasteiger partial charge < -0.3 is 15.0 Å². The van der Waals surface area contributed by atoms with Gasteiger partial charge in [0, 0.05) is 42.6 Å². The van der Waals surface area contributed by atoms with E-state index in [9.17, 15) is 24.0 Å². The number of rotatable bonds is 7. The largest absolute Gasteiger partial charge is 0.460 e. The van der Waals surface area contributed by atoms with Gasteiger partial charge in [0.05, 0.1) is 0 Å². The number of imide groups is 1. The molecule has 2 aliphatic heterocycles. The summed E-state index contributed by atoms with van der Waals surface area (Å²) in [5.41, 5.74) is 1.10. The number of benzene rings is 1. The van der Waals surface area contributed by atoms with E-state index in [1.807, 2.05) is 20.8 Å². The fourth-order valence-corrected chi connectivity index (χ4v) is 3.86. The summed E-state index contributed by atoms with van der Waals surface area (Å²) in [6.07, 6.45) is 2.02. The summed E-state index contributed by atoms with van der Waals surface area (Å²) < 4.78 is 5.25. The van der Waals surface area contributed by atoms with Gasteiger partial charge in [0.2, 0.25) is 17.7 Å². The van der Waals surface area contributed by atoms with E-state index in [1.54, 1.807) is 18.2 Å². The molecule has 172 valence electrons. The number of nitrogens with one attached hydrogen (secondary N) is 2. The Kier molecular flexibility index (Phi) is 6.96. The van der Waals surface area contributed by atoms with Crippen molar-refractivity contribution < 1.29 is 28.7 Å². The van der Waals surface area contributed by atoms with Crippen LogP contribution in [0.2, 0.25) is 0 Å². The number of esters is 1. The molecule has 9 heteroatoms. The molecule has 1 unspecified atom stereocenters. The Hall–Kier alpha value is -3.23. The lowest BCUT2D eigenvalue weighted by Crippen LogP contribution is -2.52. The third kappa shape index (κ3) is 5.72. The van der Waals surface area contributed by atoms with Gasteiger partial charge in [-0.25, -0.2) is 0 Å². The molecule has 0 bridgehead atoms. The molecule has 1 aromatic carbocycles. The predicted octanol–water partition coefficient (Wildman–Crippen LogP) is 2.29. The van der Waals surface area contributed by atoms with E-state index in [2.05, 4.69) is 10.6 Å². The molecule has 1 fully saturated rings. The number of piperidine rings is 1. The number of ether oxygens (including phenoxy) is 1. The minimum absolute atomic E-state index is 0.184. The first-order chi connectivity index (χ1) is 15.0. The minimum atomic E-state index is -0.705. The zero-order chi connectivity index (χ0) is 23.5. The van der Waals surface area contributed by atoms with Crippen LogP contribution in [0.4, 0.5) is 5.69 Å². The highest BCUT2D eigenvalue weighted by Gasteiger charge is 2.39. The molecule has 0 aliphatic carbocycles. The van der Waals surface area contributed by atoms with Crippen LogP contribution < -0.4 is 10.6 Å². The second kappa shape index (κ2) is 9.50. The van der Waals surface area contributed by atoms with Gasteiger partial charge in [-0.2, -0.15) is 0 Å². The zero-order valence-electron chi connectivity index (χ0n) is 18.7. The van der Waals surface area contributed by atoms with E-state index >= 15 is 0 Å². The van der Waals surface area contributed by atoms with Crippen molar-refractivity contribution in [2.45, 2.75) is 77.5 Å². The summed E-state index contributed by atoms with van der Waals surface area (Å²) >= 11 is 0. The Morgan fingerprint density at radius 3 is 2.56 bits per heavy atom. The minimum Gasteiger partial charge on any atom is -0.460 e. The van der Waals surface area contributed by atoms with Gasteiger partial charge in [0.15, 0.2) is 0 Å². The van der Waals surface area contributed by atoms with Crippen molar-refractivity contribution in [2.75, 3.05) is 5.32 Å². The molecule has 2 N–H and O–H groups in total. The van der Waals surface area contributed by atoms with E-state index < -0.39 is 17.6 Å². The first kappa shape index (κ1) is 23.4. The van der Waals surface area contributed by atoms with E-state index in [1.165, 1.54) is 4.90 Å². The van der Waals surface area contributed by atoms with Gasteiger partial charge >= 0.3 is 5.97 Å². The molecule has 1 atom stereocenters. The average Bonchev–Trinajstić information content (AvgIpc) is 3.02. The molecule has 1 saturated heterocycles. The summed E-state index contributed by atoms with van der Waals surface area (Å²) in [6, 6.07) is 4.37. The molecule has 4 amide bonds. The first-order valence-corrected chi connectivity index (χ1v) is 10.8. The van der Waals surface area contributed by atoms with Crippen LogP contribution in [-0.2, 0) is 30.5 Å². The molecule has 1 aromatic rings. The highest BCUT2D eigenvalue weighted by Crippen LogP contribution is 2.32. The summed E-state index contributed by atoms with van der Waals surface area (Å²) in [5, 5.41) is 5.12. The number of unbranched alkanes of at least 4 members (excludes halogenated alkanes) is 1. The fourth-order valence-electron chi connectivity index (χ4n) is 3.86. The summed E-state index contributed by atoms with van der Waals surface area (Å²) in [4.78, 5) is 62.0. The topological polar surface area (TPSA) is 122 Å². The van der Waals surface area contributed by atoms with Crippen LogP contribution in [0.1, 0.15) is 75.2 Å². The molecule has 0 radical (unpaired) electrons. The Morgan fingerprint density at radius 2 is 1.88 bits per heavy atom. The van der Waals surface area contributed by atoms with Gasteiger partial charge in [-0.1, -0.05) is 6.07 Å².